The second-order valence-electron chi connectivity index (χ2n) is 9.05. The minimum atomic E-state index is -0.417. The Balaban J connectivity index is 1.48. The van der Waals surface area contributed by atoms with Crippen LogP contribution in [0.2, 0.25) is 0 Å². The van der Waals surface area contributed by atoms with Gasteiger partial charge in [0.15, 0.2) is 0 Å². The van der Waals surface area contributed by atoms with Crippen LogP contribution in [0.5, 0.6) is 5.75 Å². The van der Waals surface area contributed by atoms with E-state index < -0.39 is 6.04 Å². The summed E-state index contributed by atoms with van der Waals surface area (Å²) >= 11 is 1.54. The van der Waals surface area contributed by atoms with Gasteiger partial charge in [-0.1, -0.05) is 71.9 Å². The second kappa shape index (κ2) is 10.5. The monoisotopic (exact) mass is 511 g/mol. The van der Waals surface area contributed by atoms with Crippen LogP contribution in [0.4, 0.5) is 11.6 Å². The van der Waals surface area contributed by atoms with E-state index in [1.807, 2.05) is 80.1 Å². The number of para-hydroxylation sites is 1. The smallest absolute Gasteiger partial charge is 0.255 e. The maximum absolute atomic E-state index is 13.7. The highest BCUT2D eigenvalue weighted by Gasteiger charge is 2.34. The summed E-state index contributed by atoms with van der Waals surface area (Å²) in [6.45, 7) is 5.94. The molecule has 2 heterocycles. The number of benzene rings is 3. The molecular weight excluding hydrogens is 482 g/mol. The molecule has 8 heteroatoms. The number of hydrogen-bond acceptors (Lipinski definition) is 6. The molecule has 1 aliphatic rings. The maximum Gasteiger partial charge on any atom is 0.255 e. The second-order valence-corrected chi connectivity index (χ2v) is 9.99. The van der Waals surface area contributed by atoms with Gasteiger partial charge in [-0.05, 0) is 55.7 Å². The molecule has 0 unspecified atom stereocenters. The number of aromatic nitrogens is 3. The van der Waals surface area contributed by atoms with Gasteiger partial charge in [0.25, 0.3) is 5.91 Å². The first-order valence-electron chi connectivity index (χ1n) is 12.1. The molecule has 0 bridgehead atoms. The Morgan fingerprint density at radius 2 is 1.84 bits per heavy atom. The van der Waals surface area contributed by atoms with Crippen molar-refractivity contribution >= 4 is 29.3 Å². The zero-order chi connectivity index (χ0) is 25.9. The van der Waals surface area contributed by atoms with E-state index in [1.54, 1.807) is 18.9 Å². The normalized spacial score (nSPS) is 14.6. The van der Waals surface area contributed by atoms with E-state index >= 15 is 0 Å². The first kappa shape index (κ1) is 24.6. The molecule has 1 amide bonds. The van der Waals surface area contributed by atoms with Gasteiger partial charge in [-0.15, -0.1) is 5.10 Å². The van der Waals surface area contributed by atoms with Crippen LogP contribution in [-0.4, -0.2) is 27.8 Å². The summed E-state index contributed by atoms with van der Waals surface area (Å²) in [6.07, 6.45) is 0. The minimum absolute atomic E-state index is 0.170. The van der Waals surface area contributed by atoms with Gasteiger partial charge >= 0.3 is 0 Å². The molecule has 4 aromatic rings. The summed E-state index contributed by atoms with van der Waals surface area (Å²) in [5.74, 6) is 1.96. The van der Waals surface area contributed by atoms with Gasteiger partial charge in [0.1, 0.15) is 11.8 Å². The third kappa shape index (κ3) is 5.24. The van der Waals surface area contributed by atoms with Crippen molar-refractivity contribution in [1.29, 1.82) is 0 Å². The third-order valence-corrected chi connectivity index (χ3v) is 7.28. The Bertz CT molecular complexity index is 1480. The highest BCUT2D eigenvalue weighted by Crippen LogP contribution is 2.37. The summed E-state index contributed by atoms with van der Waals surface area (Å²) in [5, 5.41) is 11.9. The summed E-state index contributed by atoms with van der Waals surface area (Å²) in [7, 11) is 1.66. The number of hydrogen-bond donors (Lipinski definition) is 2. The first-order chi connectivity index (χ1) is 17.9. The van der Waals surface area contributed by atoms with Crippen molar-refractivity contribution in [2.24, 2.45) is 0 Å². The molecule has 1 atom stereocenters. The predicted octanol–water partition coefficient (Wildman–Crippen LogP) is 6.12. The van der Waals surface area contributed by atoms with Crippen LogP contribution >= 0.6 is 11.8 Å². The first-order valence-corrected chi connectivity index (χ1v) is 13.0. The molecule has 37 heavy (non-hydrogen) atoms. The molecule has 0 spiro atoms. The van der Waals surface area contributed by atoms with Gasteiger partial charge < -0.3 is 15.4 Å². The zero-order valence-electron chi connectivity index (χ0n) is 21.3. The van der Waals surface area contributed by atoms with Gasteiger partial charge in [0, 0.05) is 17.1 Å². The number of amides is 1. The number of fused-ring (bicyclic) bond motifs is 1. The van der Waals surface area contributed by atoms with E-state index in [1.165, 1.54) is 0 Å². The van der Waals surface area contributed by atoms with E-state index in [2.05, 4.69) is 28.8 Å². The van der Waals surface area contributed by atoms with Crippen LogP contribution < -0.4 is 15.4 Å². The Labute approximate surface area is 221 Å². The van der Waals surface area contributed by atoms with Crippen LogP contribution in [0.15, 0.2) is 89.2 Å². The Morgan fingerprint density at radius 1 is 1.05 bits per heavy atom. The van der Waals surface area contributed by atoms with Crippen molar-refractivity contribution in [1.82, 2.24) is 14.8 Å². The molecule has 1 aromatic heterocycles. The lowest BCUT2D eigenvalue weighted by Gasteiger charge is -2.29. The van der Waals surface area contributed by atoms with Crippen LogP contribution in [0, 0.1) is 13.8 Å². The molecule has 2 N–H and O–H groups in total. The fraction of sp³-hybridized carbons (Fsp3) is 0.207. The number of rotatable bonds is 7. The number of methoxy groups -OCH3 is 1. The molecule has 0 saturated heterocycles. The quantitative estimate of drug-likeness (QED) is 0.291. The molecule has 0 radical (unpaired) electrons. The molecule has 5 rings (SSSR count). The SMILES string of the molecule is COc1cccc(CSc2nc3n(n2)[C@@H](c2ccc(C)cc2)C(C(=O)Nc2ccccc2C)=C(C)N3)c1. The van der Waals surface area contributed by atoms with Crippen LogP contribution in [0.25, 0.3) is 0 Å². The molecule has 7 nitrogen and oxygen atoms in total. The average molecular weight is 512 g/mol. The number of nitrogens with zero attached hydrogens (tertiary/aromatic N) is 3. The van der Waals surface area contributed by atoms with Crippen molar-refractivity contribution < 1.29 is 9.53 Å². The average Bonchev–Trinajstić information content (AvgIpc) is 3.31. The largest absolute Gasteiger partial charge is 0.497 e. The third-order valence-electron chi connectivity index (χ3n) is 6.37. The molecule has 0 fully saturated rings. The number of anilines is 2. The summed E-state index contributed by atoms with van der Waals surface area (Å²) < 4.78 is 7.16. The summed E-state index contributed by atoms with van der Waals surface area (Å²) in [6, 6.07) is 23.5. The van der Waals surface area contributed by atoms with Crippen molar-refractivity contribution in [2.45, 2.75) is 37.7 Å². The van der Waals surface area contributed by atoms with E-state index in [-0.39, 0.29) is 5.91 Å². The lowest BCUT2D eigenvalue weighted by atomic mass is 9.94. The zero-order valence-corrected chi connectivity index (χ0v) is 22.1. The summed E-state index contributed by atoms with van der Waals surface area (Å²) in [4.78, 5) is 18.4. The standard InChI is InChI=1S/C29H29N5O2S/c1-18-12-14-22(15-13-18)26-25(27(35)31-24-11-6-5-8-19(24)2)20(3)30-28-32-29(33-34(26)28)37-17-21-9-7-10-23(16-21)36-4/h5-16,26H,17H2,1-4H3,(H,31,35)(H,30,32,33)/t26-/m0/s1. The number of nitrogens with one attached hydrogen (secondary N) is 2. The van der Waals surface area contributed by atoms with E-state index in [0.29, 0.717) is 22.4 Å². The number of carbonyl (C=O) groups is 1. The fourth-order valence-corrected chi connectivity index (χ4v) is 5.13. The minimum Gasteiger partial charge on any atom is -0.497 e. The number of ether oxygens (including phenoxy) is 1. The number of allylic oxidation sites excluding steroid dienone is 1. The van der Waals surface area contributed by atoms with Crippen molar-refractivity contribution in [3.05, 3.63) is 106 Å². The van der Waals surface area contributed by atoms with Gasteiger partial charge in [-0.25, -0.2) is 4.68 Å². The van der Waals surface area contributed by atoms with Crippen molar-refractivity contribution in [3.8, 4) is 5.75 Å². The molecule has 188 valence electrons. The van der Waals surface area contributed by atoms with Crippen LogP contribution in [0.3, 0.4) is 0 Å². The Kier molecular flexibility index (Phi) is 7.01. The maximum atomic E-state index is 13.7. The lowest BCUT2D eigenvalue weighted by Crippen LogP contribution is -2.31. The highest BCUT2D eigenvalue weighted by molar-refractivity contribution is 7.98. The molecule has 0 aliphatic carbocycles. The number of thioether (sulfide) groups is 1. The molecular formula is C29H29N5O2S. The summed E-state index contributed by atoms with van der Waals surface area (Å²) in [5.41, 5.74) is 6.38. The number of aryl methyl sites for hydroxylation is 2. The Morgan fingerprint density at radius 3 is 2.59 bits per heavy atom. The topological polar surface area (TPSA) is 81.1 Å². The van der Waals surface area contributed by atoms with Gasteiger partial charge in [0.2, 0.25) is 11.1 Å². The molecule has 0 saturated carbocycles. The van der Waals surface area contributed by atoms with E-state index in [0.717, 1.165) is 39.4 Å². The van der Waals surface area contributed by atoms with Gasteiger partial charge in [-0.2, -0.15) is 4.98 Å². The fourth-order valence-electron chi connectivity index (χ4n) is 4.36. The van der Waals surface area contributed by atoms with Gasteiger partial charge in [-0.3, -0.25) is 4.79 Å². The number of carbonyl (C=O) groups excluding carboxylic acids is 1. The van der Waals surface area contributed by atoms with Crippen molar-refractivity contribution in [2.75, 3.05) is 17.7 Å². The highest BCUT2D eigenvalue weighted by atomic mass is 32.2. The van der Waals surface area contributed by atoms with Crippen LogP contribution in [-0.2, 0) is 10.5 Å². The van der Waals surface area contributed by atoms with Crippen molar-refractivity contribution in [3.63, 3.8) is 0 Å². The van der Waals surface area contributed by atoms with Crippen LogP contribution in [0.1, 0.15) is 35.2 Å². The van der Waals surface area contributed by atoms with E-state index in [9.17, 15) is 4.79 Å². The lowest BCUT2D eigenvalue weighted by molar-refractivity contribution is -0.113. The van der Waals surface area contributed by atoms with E-state index in [4.69, 9.17) is 14.8 Å². The van der Waals surface area contributed by atoms with Gasteiger partial charge in [0.05, 0.1) is 12.7 Å². The predicted molar refractivity (Wildman–Crippen MR) is 148 cm³/mol. The Hall–Kier alpha value is -4.04. The molecule has 1 aliphatic heterocycles. The molecule has 3 aromatic carbocycles.